The first-order valence-electron chi connectivity index (χ1n) is 11.6. The SMILES string of the molecule is CCS(=O)(=O)C[C@@H](C)COc1c(Cl)cc(C(C)(C)c2ccc(OC[C@H](CCl)OC(C)=O)cc2)cc1Cl. The van der Waals surface area contributed by atoms with Crippen LogP contribution in [0, 0.1) is 5.92 Å². The molecule has 0 aliphatic carbocycles. The van der Waals surface area contributed by atoms with E-state index in [1.807, 2.05) is 57.2 Å². The van der Waals surface area contributed by atoms with Crippen LogP contribution in [0.2, 0.25) is 10.0 Å². The predicted molar refractivity (Wildman–Crippen MR) is 146 cm³/mol. The number of carbonyl (C=O) groups is 1. The fourth-order valence-corrected chi connectivity index (χ4v) is 5.50. The number of benzene rings is 2. The molecule has 10 heteroatoms. The Morgan fingerprint density at radius 1 is 1.00 bits per heavy atom. The summed E-state index contributed by atoms with van der Waals surface area (Å²) < 4.78 is 40.3. The molecule has 0 saturated carbocycles. The third-order valence-corrected chi connectivity index (χ3v) is 8.59. The van der Waals surface area contributed by atoms with Crippen LogP contribution in [0.25, 0.3) is 0 Å². The largest absolute Gasteiger partial charge is 0.490 e. The number of esters is 1. The Bertz CT molecular complexity index is 1110. The van der Waals surface area contributed by atoms with Crippen LogP contribution in [0.15, 0.2) is 36.4 Å². The van der Waals surface area contributed by atoms with Crippen molar-refractivity contribution in [1.29, 1.82) is 0 Å². The highest BCUT2D eigenvalue weighted by atomic mass is 35.5. The minimum Gasteiger partial charge on any atom is -0.490 e. The summed E-state index contributed by atoms with van der Waals surface area (Å²) in [6.45, 7) is 9.20. The molecule has 0 unspecified atom stereocenters. The first-order chi connectivity index (χ1) is 16.8. The summed E-state index contributed by atoms with van der Waals surface area (Å²) in [5.41, 5.74) is 1.45. The molecule has 2 atom stereocenters. The molecule has 36 heavy (non-hydrogen) atoms. The lowest BCUT2D eigenvalue weighted by atomic mass is 9.78. The van der Waals surface area contributed by atoms with Gasteiger partial charge in [-0.1, -0.05) is 63.0 Å². The summed E-state index contributed by atoms with van der Waals surface area (Å²) in [4.78, 5) is 11.1. The molecule has 2 aromatic carbocycles. The van der Waals surface area contributed by atoms with Gasteiger partial charge in [0.25, 0.3) is 0 Å². The zero-order valence-electron chi connectivity index (χ0n) is 21.1. The van der Waals surface area contributed by atoms with Crippen molar-refractivity contribution in [3.63, 3.8) is 0 Å². The van der Waals surface area contributed by atoms with Crippen molar-refractivity contribution < 1.29 is 27.4 Å². The lowest BCUT2D eigenvalue weighted by Crippen LogP contribution is -2.25. The average molecular weight is 580 g/mol. The van der Waals surface area contributed by atoms with Crippen LogP contribution in [-0.4, -0.2) is 51.1 Å². The summed E-state index contributed by atoms with van der Waals surface area (Å²) in [7, 11) is -3.10. The van der Waals surface area contributed by atoms with E-state index in [-0.39, 0.29) is 36.5 Å². The maximum atomic E-state index is 11.8. The van der Waals surface area contributed by atoms with Gasteiger partial charge in [0, 0.05) is 24.0 Å². The number of hydrogen-bond donors (Lipinski definition) is 0. The van der Waals surface area contributed by atoms with Crippen molar-refractivity contribution in [3.05, 3.63) is 57.6 Å². The van der Waals surface area contributed by atoms with Crippen LogP contribution in [0.1, 0.15) is 45.7 Å². The van der Waals surface area contributed by atoms with Gasteiger partial charge in [-0.15, -0.1) is 11.6 Å². The van der Waals surface area contributed by atoms with E-state index in [0.29, 0.717) is 21.5 Å². The number of carbonyl (C=O) groups excluding carboxylic acids is 1. The Hall–Kier alpha value is -1.67. The molecular formula is C26H33Cl3O6S. The Balaban J connectivity index is 2.12. The lowest BCUT2D eigenvalue weighted by Gasteiger charge is -2.27. The van der Waals surface area contributed by atoms with Gasteiger partial charge in [-0.05, 0) is 35.4 Å². The standard InChI is InChI=1S/C26H33Cl3O6S/c1-6-36(31,32)16-17(2)14-34-25-23(28)11-20(12-24(25)29)26(4,5)19-7-9-21(10-8-19)33-15-22(13-27)35-18(3)30/h7-12,17,22H,6,13-16H2,1-5H3/t17-,22-/m0/s1. The Morgan fingerprint density at radius 2 is 1.58 bits per heavy atom. The number of hydrogen-bond acceptors (Lipinski definition) is 6. The molecule has 0 amide bonds. The van der Waals surface area contributed by atoms with Crippen LogP contribution < -0.4 is 9.47 Å². The van der Waals surface area contributed by atoms with Crippen LogP contribution >= 0.6 is 34.8 Å². The van der Waals surface area contributed by atoms with Crippen LogP contribution in [-0.2, 0) is 24.8 Å². The number of sulfone groups is 1. The number of ether oxygens (including phenoxy) is 3. The molecule has 0 fully saturated rings. The second kappa shape index (κ2) is 13.2. The summed E-state index contributed by atoms with van der Waals surface area (Å²) in [6, 6.07) is 11.2. The van der Waals surface area contributed by atoms with Gasteiger partial charge in [-0.2, -0.15) is 0 Å². The topological polar surface area (TPSA) is 78.9 Å². The summed E-state index contributed by atoms with van der Waals surface area (Å²) in [5.74, 6) is 0.627. The van der Waals surface area contributed by atoms with Crippen molar-refractivity contribution in [2.75, 3.05) is 30.6 Å². The molecular weight excluding hydrogens is 547 g/mol. The van der Waals surface area contributed by atoms with E-state index in [1.165, 1.54) is 6.92 Å². The molecule has 6 nitrogen and oxygen atoms in total. The average Bonchev–Trinajstić information content (AvgIpc) is 2.80. The molecule has 0 saturated heterocycles. The molecule has 0 aromatic heterocycles. The summed E-state index contributed by atoms with van der Waals surface area (Å²) in [6.07, 6.45) is -0.524. The van der Waals surface area contributed by atoms with Crippen molar-refractivity contribution in [2.45, 2.75) is 46.1 Å². The predicted octanol–water partition coefficient (Wildman–Crippen LogP) is 6.32. The summed E-state index contributed by atoms with van der Waals surface area (Å²) in [5, 5.41) is 0.710. The van der Waals surface area contributed by atoms with Gasteiger partial charge >= 0.3 is 5.97 Å². The zero-order valence-corrected chi connectivity index (χ0v) is 24.2. The van der Waals surface area contributed by atoms with Gasteiger partial charge in [-0.3, -0.25) is 4.79 Å². The first-order valence-corrected chi connectivity index (χ1v) is 14.7. The van der Waals surface area contributed by atoms with Gasteiger partial charge in [0.2, 0.25) is 0 Å². The maximum absolute atomic E-state index is 11.8. The van der Waals surface area contributed by atoms with Crippen molar-refractivity contribution in [2.24, 2.45) is 5.92 Å². The van der Waals surface area contributed by atoms with Crippen molar-refractivity contribution in [3.8, 4) is 11.5 Å². The molecule has 0 aliphatic heterocycles. The maximum Gasteiger partial charge on any atom is 0.303 e. The molecule has 0 heterocycles. The molecule has 0 aliphatic rings. The van der Waals surface area contributed by atoms with Gasteiger partial charge in [0.1, 0.15) is 28.3 Å². The van der Waals surface area contributed by atoms with E-state index in [1.54, 1.807) is 6.92 Å². The van der Waals surface area contributed by atoms with Crippen molar-refractivity contribution >= 4 is 50.6 Å². The molecule has 2 rings (SSSR count). The molecule has 0 bridgehead atoms. The minimum absolute atomic E-state index is 0.0415. The Kier molecular flexibility index (Phi) is 11.2. The van der Waals surface area contributed by atoms with Gasteiger partial charge in [0.15, 0.2) is 5.75 Å². The molecule has 2 aromatic rings. The van der Waals surface area contributed by atoms with E-state index in [0.717, 1.165) is 11.1 Å². The quantitative estimate of drug-likeness (QED) is 0.204. The van der Waals surface area contributed by atoms with E-state index in [9.17, 15) is 13.2 Å². The third-order valence-electron chi connectivity index (χ3n) is 5.73. The van der Waals surface area contributed by atoms with E-state index >= 15 is 0 Å². The fourth-order valence-electron chi connectivity index (χ4n) is 3.55. The van der Waals surface area contributed by atoms with Crippen LogP contribution in [0.4, 0.5) is 0 Å². The van der Waals surface area contributed by atoms with Gasteiger partial charge in [0.05, 0.1) is 28.3 Å². The molecule has 0 N–H and O–H groups in total. The normalized spacial score (nSPS) is 13.7. The van der Waals surface area contributed by atoms with E-state index < -0.39 is 27.3 Å². The molecule has 200 valence electrons. The highest BCUT2D eigenvalue weighted by Crippen LogP contribution is 2.41. The van der Waals surface area contributed by atoms with Crippen LogP contribution in [0.5, 0.6) is 11.5 Å². The number of alkyl halides is 1. The highest BCUT2D eigenvalue weighted by molar-refractivity contribution is 7.91. The Morgan fingerprint density at radius 3 is 2.08 bits per heavy atom. The highest BCUT2D eigenvalue weighted by Gasteiger charge is 2.26. The van der Waals surface area contributed by atoms with E-state index in [2.05, 4.69) is 0 Å². The molecule has 0 spiro atoms. The Labute approximate surface area is 229 Å². The summed E-state index contributed by atoms with van der Waals surface area (Å²) >= 11 is 18.9. The van der Waals surface area contributed by atoms with Gasteiger partial charge < -0.3 is 14.2 Å². The zero-order chi connectivity index (χ0) is 27.1. The second-order valence-corrected chi connectivity index (χ2v) is 12.8. The lowest BCUT2D eigenvalue weighted by molar-refractivity contribution is -0.146. The fraction of sp³-hybridized carbons (Fsp3) is 0.500. The number of halogens is 3. The van der Waals surface area contributed by atoms with Crippen molar-refractivity contribution in [1.82, 2.24) is 0 Å². The number of rotatable bonds is 13. The second-order valence-electron chi connectivity index (χ2n) is 9.23. The van der Waals surface area contributed by atoms with Crippen LogP contribution in [0.3, 0.4) is 0 Å². The third kappa shape index (κ3) is 8.72. The first kappa shape index (κ1) is 30.6. The van der Waals surface area contributed by atoms with Gasteiger partial charge in [-0.25, -0.2) is 8.42 Å². The smallest absolute Gasteiger partial charge is 0.303 e. The molecule has 0 radical (unpaired) electrons. The monoisotopic (exact) mass is 578 g/mol. The minimum atomic E-state index is -3.10. The van der Waals surface area contributed by atoms with E-state index in [4.69, 9.17) is 49.0 Å².